The van der Waals surface area contributed by atoms with E-state index in [1.54, 1.807) is 91.0 Å². The van der Waals surface area contributed by atoms with Gasteiger partial charge in [0.2, 0.25) is 17.8 Å². The van der Waals surface area contributed by atoms with Crippen LogP contribution >= 0.6 is 0 Å². The van der Waals surface area contributed by atoms with Crippen molar-refractivity contribution in [1.29, 1.82) is 0 Å². The standard InChI is InChI=1S/C22H17F5.C22H18F4.C21H16F4.C16H14F4.C15H12F4/c1-13-3-5-14(6-4-13)15-7-9-17(19(23)11-15)18-10-8-16(12-22(2,26)27)20(24)21(18)25;1-14-3-5-15(6-4-14)16-7-9-17(10-8-16)19-12-11-18(13-22(2,25)26)20(23)21(19)24;1-13-3-5-14(6-4-13)15-7-9-16(10-8-15)17-11-12-18(21(2,24)25)20(23)19(17)22;1-10-3-5-11(6-4-10)13-8-7-12(9-16(2,19)20)14(17)15(13)18;1-9-3-5-10(6-4-9)11-7-8-12(15(2,18)19)14(17)13(11)16/h3-11H,12H2,1-2H3;3-12H,13H2,1-2H3;3-12H,1-2H3;3-8H,9H2,1-2H3;3-8H,1-2H3. The molecule has 0 aliphatic rings. The van der Waals surface area contributed by atoms with Gasteiger partial charge in [0.25, 0.3) is 11.8 Å². The fourth-order valence-electron chi connectivity index (χ4n) is 12.4. The van der Waals surface area contributed by atoms with Crippen LogP contribution in [0, 0.1) is 98.6 Å². The maximum atomic E-state index is 14.6. The zero-order valence-electron chi connectivity index (χ0n) is 64.7. The topological polar surface area (TPSA) is 0 Å². The average molecular weight is 1630 g/mol. The van der Waals surface area contributed by atoms with E-state index in [2.05, 4.69) is 0 Å². The van der Waals surface area contributed by atoms with E-state index in [4.69, 9.17) is 0 Å². The highest BCUT2D eigenvalue weighted by Gasteiger charge is 2.34. The van der Waals surface area contributed by atoms with Gasteiger partial charge in [-0.3, -0.25) is 0 Å². The molecular weight excluding hydrogens is 1550 g/mol. The Kier molecular flexibility index (Phi) is 28.3. The summed E-state index contributed by atoms with van der Waals surface area (Å²) >= 11 is 0. The summed E-state index contributed by atoms with van der Waals surface area (Å²) in [6.07, 6.45) is -2.57. The van der Waals surface area contributed by atoms with Gasteiger partial charge in [0.05, 0.1) is 11.1 Å². The van der Waals surface area contributed by atoms with E-state index >= 15 is 0 Å². The number of alkyl halides is 10. The van der Waals surface area contributed by atoms with Crippen molar-refractivity contribution in [3.63, 3.8) is 0 Å². The molecule has 21 heteroatoms. The van der Waals surface area contributed by atoms with Crippen LogP contribution in [0.4, 0.5) is 92.2 Å². The van der Waals surface area contributed by atoms with Gasteiger partial charge >= 0.3 is 0 Å². The van der Waals surface area contributed by atoms with E-state index in [0.717, 1.165) is 79.9 Å². The molecule has 0 saturated heterocycles. The van der Waals surface area contributed by atoms with E-state index in [0.29, 0.717) is 62.4 Å². The molecule has 0 saturated carbocycles. The molecule has 0 aromatic heterocycles. The average Bonchev–Trinajstić information content (AvgIpc) is 0.793. The van der Waals surface area contributed by atoms with Gasteiger partial charge in [0.15, 0.2) is 58.2 Å². The Morgan fingerprint density at radius 2 is 0.376 bits per heavy atom. The minimum atomic E-state index is -3.43. The van der Waals surface area contributed by atoms with Crippen LogP contribution in [-0.2, 0) is 31.1 Å². The van der Waals surface area contributed by atoms with Crippen LogP contribution in [0.3, 0.4) is 0 Å². The summed E-state index contributed by atoms with van der Waals surface area (Å²) in [6.45, 7) is 12.7. The van der Waals surface area contributed by atoms with Crippen molar-refractivity contribution in [3.8, 4) is 89.0 Å². The Labute approximate surface area is 664 Å². The minimum Gasteiger partial charge on any atom is -0.207 e. The van der Waals surface area contributed by atoms with Crippen LogP contribution in [0.5, 0.6) is 0 Å². The smallest absolute Gasteiger partial charge is 0.207 e. The highest BCUT2D eigenvalue weighted by Crippen LogP contribution is 2.40. The predicted octanol–water partition coefficient (Wildman–Crippen LogP) is 30.7. The molecule has 0 amide bonds. The highest BCUT2D eigenvalue weighted by atomic mass is 19.3. The summed E-state index contributed by atoms with van der Waals surface area (Å²) in [5, 5.41) is 0. The Morgan fingerprint density at radius 3 is 0.624 bits per heavy atom. The second-order valence-corrected chi connectivity index (χ2v) is 29.0. The molecule has 0 fully saturated rings. The molecule has 117 heavy (non-hydrogen) atoms. The molecule has 0 unspecified atom stereocenters. The molecule has 0 radical (unpaired) electrons. The van der Waals surface area contributed by atoms with Crippen LogP contribution in [-0.4, -0.2) is 17.8 Å². The van der Waals surface area contributed by atoms with Crippen molar-refractivity contribution in [2.24, 2.45) is 0 Å². The molecule has 0 heterocycles. The van der Waals surface area contributed by atoms with Crippen LogP contribution in [0.15, 0.2) is 249 Å². The van der Waals surface area contributed by atoms with E-state index in [1.165, 1.54) is 48.5 Å². The van der Waals surface area contributed by atoms with Crippen LogP contribution in [0.1, 0.15) is 90.3 Å². The molecule has 13 rings (SSSR count). The quantitative estimate of drug-likeness (QED) is 0.0846. The van der Waals surface area contributed by atoms with Crippen molar-refractivity contribution in [2.45, 2.75) is 118 Å². The summed E-state index contributed by atoms with van der Waals surface area (Å²) in [6, 6.07) is 66.6. The number of hydrogen-bond donors (Lipinski definition) is 0. The minimum absolute atomic E-state index is 0.0227. The molecule has 0 nitrogen and oxygen atoms in total. The van der Waals surface area contributed by atoms with Crippen molar-refractivity contribution >= 4 is 0 Å². The zero-order chi connectivity index (χ0) is 86.0. The molecule has 13 aromatic rings. The lowest BCUT2D eigenvalue weighted by atomic mass is 9.97. The first-order valence-electron chi connectivity index (χ1n) is 36.4. The summed E-state index contributed by atoms with van der Waals surface area (Å²) in [5.74, 6) is -29.7. The molecule has 608 valence electrons. The lowest BCUT2D eigenvalue weighted by Gasteiger charge is -2.14. The van der Waals surface area contributed by atoms with Crippen molar-refractivity contribution in [1.82, 2.24) is 0 Å². The third kappa shape index (κ3) is 23.6. The van der Waals surface area contributed by atoms with E-state index in [1.807, 2.05) is 120 Å². The molecule has 0 aliphatic heterocycles. The van der Waals surface area contributed by atoms with Gasteiger partial charge in [0.1, 0.15) is 5.82 Å². The first-order valence-corrected chi connectivity index (χ1v) is 36.4. The predicted molar refractivity (Wildman–Crippen MR) is 421 cm³/mol. The van der Waals surface area contributed by atoms with Crippen molar-refractivity contribution in [2.75, 3.05) is 0 Å². The van der Waals surface area contributed by atoms with Gasteiger partial charge in [-0.15, -0.1) is 0 Å². The summed E-state index contributed by atoms with van der Waals surface area (Å²) in [7, 11) is 0. The van der Waals surface area contributed by atoms with Gasteiger partial charge in [-0.05, 0) is 146 Å². The normalized spacial score (nSPS) is 11.6. The molecule has 0 bridgehead atoms. The fraction of sp³-hybridized carbons (Fsp3) is 0.188. The maximum Gasteiger partial charge on any atom is 0.273 e. The van der Waals surface area contributed by atoms with Crippen molar-refractivity contribution < 1.29 is 92.2 Å². The molecule has 13 aromatic carbocycles. The molecular formula is C96H77F21. The third-order valence-electron chi connectivity index (χ3n) is 18.6. The Balaban J connectivity index is 0.000000168. The lowest BCUT2D eigenvalue weighted by Crippen LogP contribution is -2.15. The Bertz CT molecular complexity index is 5570. The second-order valence-electron chi connectivity index (χ2n) is 29.0. The van der Waals surface area contributed by atoms with Gasteiger partial charge < -0.3 is 0 Å². The number of aryl methyl sites for hydroxylation is 5. The number of rotatable bonds is 16. The Hall–Kier alpha value is -11.6. The molecule has 0 aliphatic carbocycles. The van der Waals surface area contributed by atoms with Crippen LogP contribution < -0.4 is 0 Å². The monoisotopic (exact) mass is 1630 g/mol. The molecule has 0 atom stereocenters. The van der Waals surface area contributed by atoms with Gasteiger partial charge in [-0.2, -0.15) is 0 Å². The number of halogens is 21. The lowest BCUT2D eigenvalue weighted by molar-refractivity contribution is 0.0124. The first-order chi connectivity index (χ1) is 54.7. The van der Waals surface area contributed by atoms with E-state index < -0.39 is 130 Å². The molecule has 0 spiro atoms. The van der Waals surface area contributed by atoms with Crippen LogP contribution in [0.25, 0.3) is 89.0 Å². The summed E-state index contributed by atoms with van der Waals surface area (Å²) < 4.78 is 286. The van der Waals surface area contributed by atoms with Crippen LogP contribution in [0.2, 0.25) is 0 Å². The number of hydrogen-bond acceptors (Lipinski definition) is 0. The van der Waals surface area contributed by atoms with Gasteiger partial charge in [-0.1, -0.05) is 258 Å². The summed E-state index contributed by atoms with van der Waals surface area (Å²) in [5.41, 5.74) is 9.21. The van der Waals surface area contributed by atoms with Gasteiger partial charge in [0, 0.05) is 66.5 Å². The SMILES string of the molecule is Cc1ccc(-c2ccc(-c3ccc(C(C)(F)F)c(F)c3F)cc2)cc1.Cc1ccc(-c2ccc(-c3ccc(CC(C)(F)F)c(F)c3F)c(F)c2)cc1.Cc1ccc(-c2ccc(-c3ccc(CC(C)(F)F)c(F)c3F)cc2)cc1.Cc1ccc(-c2ccc(C(C)(F)F)c(F)c2F)cc1.Cc1ccc(-c2ccc(CC(C)(F)F)c(F)c2F)cc1. The van der Waals surface area contributed by atoms with E-state index in [-0.39, 0.29) is 44.5 Å². The molecule has 0 N–H and O–H groups in total. The third-order valence-corrected chi connectivity index (χ3v) is 18.6. The fourth-order valence-corrected chi connectivity index (χ4v) is 12.4. The van der Waals surface area contributed by atoms with Crippen molar-refractivity contribution in [3.05, 3.63) is 368 Å². The van der Waals surface area contributed by atoms with E-state index in [9.17, 15) is 92.2 Å². The Morgan fingerprint density at radius 1 is 0.188 bits per heavy atom. The maximum absolute atomic E-state index is 14.6. The van der Waals surface area contributed by atoms with Gasteiger partial charge in [-0.25, -0.2) is 92.2 Å². The zero-order valence-corrected chi connectivity index (χ0v) is 64.7. The first kappa shape index (κ1) is 89.3. The highest BCUT2D eigenvalue weighted by molar-refractivity contribution is 5.75. The largest absolute Gasteiger partial charge is 0.273 e. The summed E-state index contributed by atoms with van der Waals surface area (Å²) in [4.78, 5) is 0. The number of benzene rings is 13. The second kappa shape index (κ2) is 37.1.